The van der Waals surface area contributed by atoms with Crippen LogP contribution < -0.4 is 0 Å². The van der Waals surface area contributed by atoms with Gasteiger partial charge in [0, 0.05) is 29.8 Å². The van der Waals surface area contributed by atoms with Crippen LogP contribution in [0, 0.1) is 5.95 Å². The molecule has 2 rings (SSSR count). The van der Waals surface area contributed by atoms with Crippen molar-refractivity contribution in [1.82, 2.24) is 9.88 Å². The third kappa shape index (κ3) is 3.22. The van der Waals surface area contributed by atoms with Crippen molar-refractivity contribution in [3.8, 4) is 0 Å². The molecule has 1 aliphatic rings. The number of carbonyl (C=O) groups is 1. The van der Waals surface area contributed by atoms with Gasteiger partial charge in [-0.25, -0.2) is 4.98 Å². The summed E-state index contributed by atoms with van der Waals surface area (Å²) in [5.74, 6) is 0.327. The first kappa shape index (κ1) is 13.3. The highest BCUT2D eigenvalue weighted by Crippen LogP contribution is 2.30. The van der Waals surface area contributed by atoms with E-state index in [0.717, 1.165) is 25.3 Å². The summed E-state index contributed by atoms with van der Waals surface area (Å²) in [5, 5.41) is 0. The van der Waals surface area contributed by atoms with Crippen molar-refractivity contribution < 1.29 is 9.18 Å². The van der Waals surface area contributed by atoms with Gasteiger partial charge in [-0.1, -0.05) is 13.8 Å². The second-order valence-electron chi connectivity index (χ2n) is 5.02. The number of carbonyl (C=O) groups excluding carboxylic acids is 1. The Bertz CT molecular complexity index is 433. The summed E-state index contributed by atoms with van der Waals surface area (Å²) in [7, 11) is 0. The highest BCUT2D eigenvalue weighted by atomic mass is 32.2. The Balaban J connectivity index is 2.07. The van der Waals surface area contributed by atoms with Gasteiger partial charge in [0.1, 0.15) is 0 Å². The molecule has 0 aromatic carbocycles. The molecule has 0 atom stereocenters. The highest BCUT2D eigenvalue weighted by Gasteiger charge is 2.26. The lowest BCUT2D eigenvalue weighted by molar-refractivity contribution is 0.0764. The zero-order valence-corrected chi connectivity index (χ0v) is 11.5. The van der Waals surface area contributed by atoms with Crippen LogP contribution in [0.2, 0.25) is 0 Å². The molecule has 3 nitrogen and oxygen atoms in total. The fraction of sp³-hybridized carbons (Fsp3) is 0.538. The number of pyridine rings is 1. The van der Waals surface area contributed by atoms with E-state index in [9.17, 15) is 9.18 Å². The molecule has 0 spiro atoms. The Labute approximate surface area is 111 Å². The number of hydrogen-bond donors (Lipinski definition) is 0. The highest BCUT2D eigenvalue weighted by molar-refractivity contribution is 8.00. The summed E-state index contributed by atoms with van der Waals surface area (Å²) in [5.41, 5.74) is 0.459. The van der Waals surface area contributed by atoms with Crippen molar-refractivity contribution in [2.45, 2.75) is 25.0 Å². The molecule has 0 N–H and O–H groups in total. The van der Waals surface area contributed by atoms with E-state index in [1.165, 1.54) is 18.3 Å². The minimum atomic E-state index is -0.556. The van der Waals surface area contributed by atoms with Gasteiger partial charge in [-0.05, 0) is 18.6 Å². The predicted octanol–water partition coefficient (Wildman–Crippen LogP) is 2.58. The summed E-state index contributed by atoms with van der Waals surface area (Å²) in [6.07, 6.45) is 2.28. The SMILES string of the molecule is CC1(C)CCN(C(=O)c2ccc(F)nc2)CCS1. The molecule has 0 bridgehead atoms. The molecule has 1 aromatic heterocycles. The first-order chi connectivity index (χ1) is 8.48. The summed E-state index contributed by atoms with van der Waals surface area (Å²) >= 11 is 1.89. The maximum atomic E-state index is 12.7. The van der Waals surface area contributed by atoms with Crippen LogP contribution in [-0.2, 0) is 0 Å². The predicted molar refractivity (Wildman–Crippen MR) is 71.3 cm³/mol. The van der Waals surface area contributed by atoms with Gasteiger partial charge in [-0.2, -0.15) is 16.2 Å². The lowest BCUT2D eigenvalue weighted by atomic mass is 10.1. The molecule has 1 aromatic rings. The van der Waals surface area contributed by atoms with Crippen molar-refractivity contribution in [1.29, 1.82) is 0 Å². The molecule has 0 saturated carbocycles. The van der Waals surface area contributed by atoms with E-state index >= 15 is 0 Å². The molecule has 1 aliphatic heterocycles. The zero-order valence-electron chi connectivity index (χ0n) is 10.6. The Morgan fingerprint density at radius 1 is 1.44 bits per heavy atom. The van der Waals surface area contributed by atoms with E-state index < -0.39 is 5.95 Å². The van der Waals surface area contributed by atoms with Gasteiger partial charge in [-0.15, -0.1) is 0 Å². The molecule has 0 aliphatic carbocycles. The number of hydrogen-bond acceptors (Lipinski definition) is 3. The number of thioether (sulfide) groups is 1. The summed E-state index contributed by atoms with van der Waals surface area (Å²) in [6, 6.07) is 2.72. The molecule has 18 heavy (non-hydrogen) atoms. The molecule has 1 fully saturated rings. The molecule has 1 amide bonds. The average molecular weight is 268 g/mol. The third-order valence-electron chi connectivity index (χ3n) is 3.10. The van der Waals surface area contributed by atoms with E-state index in [0.29, 0.717) is 5.56 Å². The zero-order chi connectivity index (χ0) is 13.2. The molecular formula is C13H17FN2OS. The molecule has 0 radical (unpaired) electrons. The molecule has 98 valence electrons. The molecule has 5 heteroatoms. The third-order valence-corrected chi connectivity index (χ3v) is 4.47. The van der Waals surface area contributed by atoms with Gasteiger partial charge >= 0.3 is 0 Å². The minimum absolute atomic E-state index is 0.0548. The molecule has 2 heterocycles. The van der Waals surface area contributed by atoms with Crippen LogP contribution in [0.4, 0.5) is 4.39 Å². The second kappa shape index (κ2) is 5.26. The van der Waals surface area contributed by atoms with E-state index in [4.69, 9.17) is 0 Å². The monoisotopic (exact) mass is 268 g/mol. The Kier molecular flexibility index (Phi) is 3.90. The first-order valence-electron chi connectivity index (χ1n) is 6.03. The fourth-order valence-corrected chi connectivity index (χ4v) is 3.01. The van der Waals surface area contributed by atoms with Crippen LogP contribution in [0.3, 0.4) is 0 Å². The van der Waals surface area contributed by atoms with Crippen LogP contribution >= 0.6 is 11.8 Å². The number of rotatable bonds is 1. The fourth-order valence-electron chi connectivity index (χ4n) is 1.91. The number of amides is 1. The summed E-state index contributed by atoms with van der Waals surface area (Å²) < 4.78 is 12.9. The van der Waals surface area contributed by atoms with Crippen LogP contribution in [0.15, 0.2) is 18.3 Å². The lowest BCUT2D eigenvalue weighted by Crippen LogP contribution is -2.33. The number of halogens is 1. The second-order valence-corrected chi connectivity index (χ2v) is 6.82. The smallest absolute Gasteiger partial charge is 0.255 e. The topological polar surface area (TPSA) is 33.2 Å². The van der Waals surface area contributed by atoms with Crippen LogP contribution in [0.1, 0.15) is 30.6 Å². The number of nitrogens with zero attached hydrogens (tertiary/aromatic N) is 2. The van der Waals surface area contributed by atoms with E-state index in [1.54, 1.807) is 0 Å². The van der Waals surface area contributed by atoms with Gasteiger partial charge in [0.15, 0.2) is 0 Å². The minimum Gasteiger partial charge on any atom is -0.338 e. The Hall–Kier alpha value is -1.10. The first-order valence-corrected chi connectivity index (χ1v) is 7.01. The van der Waals surface area contributed by atoms with Crippen molar-refractivity contribution >= 4 is 17.7 Å². The quantitative estimate of drug-likeness (QED) is 0.734. The van der Waals surface area contributed by atoms with Crippen LogP contribution in [0.5, 0.6) is 0 Å². The average Bonchev–Trinajstić information content (AvgIpc) is 2.50. The van der Waals surface area contributed by atoms with Crippen molar-refractivity contribution in [2.24, 2.45) is 0 Å². The van der Waals surface area contributed by atoms with Gasteiger partial charge in [0.05, 0.1) is 5.56 Å². The van der Waals surface area contributed by atoms with E-state index in [2.05, 4.69) is 18.8 Å². The maximum absolute atomic E-state index is 12.7. The summed E-state index contributed by atoms with van der Waals surface area (Å²) in [4.78, 5) is 17.6. The van der Waals surface area contributed by atoms with Crippen LogP contribution in [0.25, 0.3) is 0 Å². The molecule has 0 unspecified atom stereocenters. The van der Waals surface area contributed by atoms with Gasteiger partial charge in [0.25, 0.3) is 5.91 Å². The van der Waals surface area contributed by atoms with Crippen molar-refractivity contribution in [3.05, 3.63) is 29.8 Å². The Morgan fingerprint density at radius 3 is 2.89 bits per heavy atom. The Morgan fingerprint density at radius 2 is 2.22 bits per heavy atom. The van der Waals surface area contributed by atoms with E-state index in [1.807, 2.05) is 16.7 Å². The summed E-state index contributed by atoms with van der Waals surface area (Å²) in [6.45, 7) is 5.89. The van der Waals surface area contributed by atoms with Crippen molar-refractivity contribution in [2.75, 3.05) is 18.8 Å². The molecular weight excluding hydrogens is 251 g/mol. The maximum Gasteiger partial charge on any atom is 0.255 e. The largest absolute Gasteiger partial charge is 0.338 e. The van der Waals surface area contributed by atoms with Crippen molar-refractivity contribution in [3.63, 3.8) is 0 Å². The lowest BCUT2D eigenvalue weighted by Gasteiger charge is -2.22. The normalized spacial score (nSPS) is 19.4. The van der Waals surface area contributed by atoms with Crippen LogP contribution in [-0.4, -0.2) is 39.4 Å². The van der Waals surface area contributed by atoms with Gasteiger partial charge in [-0.3, -0.25) is 4.79 Å². The molecule has 1 saturated heterocycles. The van der Waals surface area contributed by atoms with Gasteiger partial charge < -0.3 is 4.90 Å². The van der Waals surface area contributed by atoms with Gasteiger partial charge in [0.2, 0.25) is 5.95 Å². The van der Waals surface area contributed by atoms with E-state index in [-0.39, 0.29) is 10.7 Å². The standard InChI is InChI=1S/C13H17FN2OS/c1-13(2)5-6-16(7-8-18-13)12(17)10-3-4-11(14)15-9-10/h3-4,9H,5-8H2,1-2H3. The number of aromatic nitrogens is 1.